The van der Waals surface area contributed by atoms with Crippen molar-refractivity contribution >= 4 is 23.3 Å². The maximum Gasteiger partial charge on any atom is 0.254 e. The van der Waals surface area contributed by atoms with Gasteiger partial charge in [-0.2, -0.15) is 0 Å². The molecule has 5 nitrogen and oxygen atoms in total. The third kappa shape index (κ3) is 5.09. The van der Waals surface area contributed by atoms with E-state index in [-0.39, 0.29) is 5.91 Å². The van der Waals surface area contributed by atoms with Gasteiger partial charge in [-0.15, -0.1) is 11.8 Å². The Morgan fingerprint density at radius 1 is 1.10 bits per heavy atom. The summed E-state index contributed by atoms with van der Waals surface area (Å²) < 4.78 is 7.91. The number of benzene rings is 2. The average molecular weight is 432 g/mol. The largest absolute Gasteiger partial charge is 0.487 e. The van der Waals surface area contributed by atoms with Crippen LogP contribution in [0.5, 0.6) is 5.75 Å². The number of aryl methyl sites for hydroxylation is 1. The van der Waals surface area contributed by atoms with E-state index in [0.717, 1.165) is 16.9 Å². The third-order valence-electron chi connectivity index (χ3n) is 5.04. The molecule has 0 bridgehead atoms. The number of aromatic nitrogens is 2. The van der Waals surface area contributed by atoms with Crippen LogP contribution in [0.3, 0.4) is 0 Å². The lowest BCUT2D eigenvalue weighted by Crippen LogP contribution is -2.26. The zero-order chi connectivity index (χ0) is 21.8. The van der Waals surface area contributed by atoms with Crippen molar-refractivity contribution in [2.45, 2.75) is 25.0 Å². The Balaban J connectivity index is 1.40. The Bertz CT molecular complexity index is 1200. The summed E-state index contributed by atoms with van der Waals surface area (Å²) in [5.41, 5.74) is 4.61. The highest BCUT2D eigenvalue weighted by Gasteiger charge is 2.13. The lowest BCUT2D eigenvalue weighted by Gasteiger charge is -2.18. The van der Waals surface area contributed by atoms with Crippen LogP contribution in [0.2, 0.25) is 0 Å². The van der Waals surface area contributed by atoms with Gasteiger partial charge in [0.05, 0.1) is 5.69 Å². The highest BCUT2D eigenvalue weighted by Crippen LogP contribution is 2.19. The summed E-state index contributed by atoms with van der Waals surface area (Å²) in [5, 5.41) is 0. The second-order valence-corrected chi connectivity index (χ2v) is 8.41. The molecule has 2 aromatic heterocycles. The van der Waals surface area contributed by atoms with Gasteiger partial charge in [0.25, 0.3) is 5.91 Å². The molecule has 0 fully saturated rings. The van der Waals surface area contributed by atoms with Crippen molar-refractivity contribution in [3.63, 3.8) is 0 Å². The first-order valence-electron chi connectivity index (χ1n) is 10.1. The maximum atomic E-state index is 12.9. The number of hydrogen-bond donors (Lipinski definition) is 0. The number of thioether (sulfide) groups is 1. The molecule has 0 N–H and O–H groups in total. The van der Waals surface area contributed by atoms with Gasteiger partial charge < -0.3 is 14.0 Å². The fourth-order valence-electron chi connectivity index (χ4n) is 3.40. The van der Waals surface area contributed by atoms with Gasteiger partial charge in [-0.3, -0.25) is 4.79 Å². The zero-order valence-electron chi connectivity index (χ0n) is 17.9. The summed E-state index contributed by atoms with van der Waals surface area (Å²) in [5.74, 6) is 0.611. The molecule has 2 aromatic carbocycles. The highest BCUT2D eigenvalue weighted by molar-refractivity contribution is 7.98. The van der Waals surface area contributed by atoms with Crippen LogP contribution in [-0.4, -0.2) is 33.5 Å². The second-order valence-electron chi connectivity index (χ2n) is 7.53. The number of amides is 1. The Hall–Kier alpha value is -3.25. The number of carbonyl (C=O) groups is 1. The number of ether oxygens (including phenoxy) is 1. The zero-order valence-corrected chi connectivity index (χ0v) is 18.7. The minimum absolute atomic E-state index is 0.0393. The molecule has 0 radical (unpaired) electrons. The molecule has 0 aliphatic carbocycles. The number of pyridine rings is 1. The molecule has 1 amide bonds. The van der Waals surface area contributed by atoms with Gasteiger partial charge in [0.1, 0.15) is 18.0 Å². The van der Waals surface area contributed by atoms with E-state index in [0.29, 0.717) is 24.5 Å². The molecule has 0 atom stereocenters. The van der Waals surface area contributed by atoms with E-state index in [2.05, 4.69) is 42.4 Å². The summed E-state index contributed by atoms with van der Waals surface area (Å²) in [6.45, 7) is 2.95. The lowest BCUT2D eigenvalue weighted by molar-refractivity contribution is 0.0784. The third-order valence-corrected chi connectivity index (χ3v) is 5.79. The van der Waals surface area contributed by atoms with Gasteiger partial charge in [-0.1, -0.05) is 24.3 Å². The fraction of sp³-hybridized carbons (Fsp3) is 0.200. The highest BCUT2D eigenvalue weighted by atomic mass is 32.2. The minimum atomic E-state index is -0.0393. The van der Waals surface area contributed by atoms with E-state index in [9.17, 15) is 4.79 Å². The van der Waals surface area contributed by atoms with Crippen LogP contribution in [0.25, 0.3) is 5.65 Å². The molecule has 0 spiro atoms. The van der Waals surface area contributed by atoms with Crippen LogP contribution in [0.15, 0.2) is 78.0 Å². The van der Waals surface area contributed by atoms with Crippen molar-refractivity contribution < 1.29 is 9.53 Å². The molecule has 0 saturated carbocycles. The van der Waals surface area contributed by atoms with E-state index in [4.69, 9.17) is 4.74 Å². The first kappa shape index (κ1) is 21.0. The molecule has 0 unspecified atom stereocenters. The lowest BCUT2D eigenvalue weighted by atomic mass is 10.1. The van der Waals surface area contributed by atoms with E-state index < -0.39 is 0 Å². The Kier molecular flexibility index (Phi) is 6.28. The summed E-state index contributed by atoms with van der Waals surface area (Å²) in [6.07, 6.45) is 6.05. The van der Waals surface area contributed by atoms with Crippen LogP contribution in [-0.2, 0) is 13.2 Å². The molecular formula is C25H25N3O2S. The Morgan fingerprint density at radius 2 is 1.90 bits per heavy atom. The Morgan fingerprint density at radius 3 is 2.68 bits per heavy atom. The van der Waals surface area contributed by atoms with Crippen LogP contribution >= 0.6 is 11.8 Å². The quantitative estimate of drug-likeness (QED) is 0.377. The molecule has 4 aromatic rings. The molecule has 31 heavy (non-hydrogen) atoms. The van der Waals surface area contributed by atoms with Gasteiger partial charge >= 0.3 is 0 Å². The molecule has 0 saturated heterocycles. The molecule has 6 heteroatoms. The summed E-state index contributed by atoms with van der Waals surface area (Å²) in [6, 6.07) is 19.6. The van der Waals surface area contributed by atoms with E-state index in [1.54, 1.807) is 22.7 Å². The van der Waals surface area contributed by atoms with Gasteiger partial charge in [0.2, 0.25) is 0 Å². The minimum Gasteiger partial charge on any atom is -0.487 e. The van der Waals surface area contributed by atoms with Gasteiger partial charge in [-0.05, 0) is 60.7 Å². The predicted molar refractivity (Wildman–Crippen MR) is 125 cm³/mol. The van der Waals surface area contributed by atoms with Gasteiger partial charge in [0.15, 0.2) is 0 Å². The molecular weight excluding hydrogens is 406 g/mol. The molecule has 4 rings (SSSR count). The van der Waals surface area contributed by atoms with E-state index in [1.807, 2.05) is 54.2 Å². The number of carbonyl (C=O) groups excluding carboxylic acids is 1. The normalized spacial score (nSPS) is 10.9. The van der Waals surface area contributed by atoms with Gasteiger partial charge in [-0.25, -0.2) is 4.98 Å². The number of nitrogens with zero attached hydrogens (tertiary/aromatic N) is 3. The van der Waals surface area contributed by atoms with Crippen molar-refractivity contribution in [2.24, 2.45) is 0 Å². The average Bonchev–Trinajstić information content (AvgIpc) is 3.20. The van der Waals surface area contributed by atoms with Crippen molar-refractivity contribution in [2.75, 3.05) is 13.3 Å². The number of fused-ring (bicyclic) bond motifs is 1. The van der Waals surface area contributed by atoms with E-state index in [1.165, 1.54) is 10.5 Å². The van der Waals surface area contributed by atoms with Crippen LogP contribution in [0.4, 0.5) is 0 Å². The first-order chi connectivity index (χ1) is 15.0. The number of hydrogen-bond acceptors (Lipinski definition) is 4. The maximum absolute atomic E-state index is 12.9. The predicted octanol–water partition coefficient (Wildman–Crippen LogP) is 5.22. The summed E-state index contributed by atoms with van der Waals surface area (Å²) in [4.78, 5) is 20.4. The topological polar surface area (TPSA) is 46.8 Å². The van der Waals surface area contributed by atoms with Gasteiger partial charge in [0, 0.05) is 36.4 Å². The Labute approximate surface area is 186 Å². The monoisotopic (exact) mass is 431 g/mol. The number of rotatable bonds is 7. The molecule has 0 aliphatic heterocycles. The molecule has 0 aliphatic rings. The molecule has 158 valence electrons. The van der Waals surface area contributed by atoms with Crippen molar-refractivity contribution in [1.29, 1.82) is 0 Å². The first-order valence-corrected chi connectivity index (χ1v) is 11.3. The SMILES string of the molecule is CSc1ccc(CN(C)C(=O)c2cccc(OCc3cn4cc(C)ccc4n3)c2)cc1. The summed E-state index contributed by atoms with van der Waals surface area (Å²) >= 11 is 1.71. The van der Waals surface area contributed by atoms with Crippen molar-refractivity contribution in [3.05, 3.63) is 95.4 Å². The van der Waals surface area contributed by atoms with Crippen molar-refractivity contribution in [3.8, 4) is 5.75 Å². The van der Waals surface area contributed by atoms with E-state index >= 15 is 0 Å². The smallest absolute Gasteiger partial charge is 0.254 e. The molecule has 2 heterocycles. The standard InChI is InChI=1S/C25H25N3O2S/c1-18-7-12-24-26-21(16-28(24)14-18)17-30-22-6-4-5-20(13-22)25(29)27(2)15-19-8-10-23(31-3)11-9-19/h4-14,16H,15,17H2,1-3H3. The fourth-order valence-corrected chi connectivity index (χ4v) is 3.81. The second kappa shape index (κ2) is 9.27. The van der Waals surface area contributed by atoms with Crippen LogP contribution in [0, 0.1) is 6.92 Å². The summed E-state index contributed by atoms with van der Waals surface area (Å²) in [7, 11) is 1.82. The number of imidazole rings is 1. The van der Waals surface area contributed by atoms with Crippen LogP contribution in [0.1, 0.15) is 27.2 Å². The van der Waals surface area contributed by atoms with Crippen LogP contribution < -0.4 is 4.74 Å². The van der Waals surface area contributed by atoms with Crippen molar-refractivity contribution in [1.82, 2.24) is 14.3 Å².